The average Bonchev–Trinajstić information content (AvgIpc) is 2.49. The molecule has 1 saturated carbocycles. The Kier molecular flexibility index (Phi) is 4.34. The lowest BCUT2D eigenvalue weighted by Crippen LogP contribution is -2.57. The Labute approximate surface area is 145 Å². The Morgan fingerprint density at radius 2 is 1.80 bits per heavy atom. The zero-order valence-corrected chi connectivity index (χ0v) is 15.3. The van der Waals surface area contributed by atoms with Gasteiger partial charge in [0.2, 0.25) is 10.0 Å². The first-order valence-electron chi connectivity index (χ1n) is 8.06. The molecule has 3 rings (SSSR count). The second-order valence-corrected chi connectivity index (χ2v) is 8.89. The van der Waals surface area contributed by atoms with E-state index in [1.54, 1.807) is 7.05 Å². The van der Waals surface area contributed by atoms with Crippen molar-refractivity contribution in [2.24, 2.45) is 0 Å². The van der Waals surface area contributed by atoms with E-state index in [1.807, 2.05) is 14.1 Å². The zero-order chi connectivity index (χ0) is 18.4. The minimum Gasteiger partial charge on any atom is -0.307 e. The van der Waals surface area contributed by atoms with Crippen molar-refractivity contribution in [1.29, 1.82) is 0 Å². The molecule has 1 heterocycles. The first kappa shape index (κ1) is 17.8. The van der Waals surface area contributed by atoms with Crippen LogP contribution in [0.4, 0.5) is 0 Å². The fourth-order valence-electron chi connectivity index (χ4n) is 3.32. The maximum atomic E-state index is 12.9. The Hall–Kier alpha value is -1.97. The Morgan fingerprint density at radius 1 is 1.12 bits per heavy atom. The monoisotopic (exact) mass is 366 g/mol. The molecule has 0 bridgehead atoms. The van der Waals surface area contributed by atoms with E-state index in [9.17, 15) is 18.0 Å². The van der Waals surface area contributed by atoms with Crippen molar-refractivity contribution < 1.29 is 8.42 Å². The lowest BCUT2D eigenvalue weighted by atomic mass is 9.75. The van der Waals surface area contributed by atoms with Gasteiger partial charge in [-0.05, 0) is 51.6 Å². The minimum atomic E-state index is -3.74. The van der Waals surface area contributed by atoms with E-state index < -0.39 is 21.3 Å². The maximum absolute atomic E-state index is 12.9. The quantitative estimate of drug-likeness (QED) is 0.793. The summed E-state index contributed by atoms with van der Waals surface area (Å²) in [6.07, 6.45) is 3.00. The van der Waals surface area contributed by atoms with Crippen molar-refractivity contribution in [2.75, 3.05) is 27.7 Å². The number of H-pyrrole nitrogens is 2. The molecule has 0 radical (unpaired) electrons. The SMILES string of the molecule is CN(C)C1(CN(C)S(=O)(=O)c2ccc3[nH]c(=O)[nH]c(=O)c3c2)CCC1. The van der Waals surface area contributed by atoms with Gasteiger partial charge in [0.25, 0.3) is 5.56 Å². The standard InChI is InChI=1S/C16H22N4O4S/c1-19(2)16(7-4-8-16)10-20(3)25(23,24)11-5-6-13-12(9-11)14(21)18-15(22)17-13/h5-6,9H,4,7-8,10H2,1-3H3,(H2,17,18,21,22). The third-order valence-corrected chi connectivity index (χ3v) is 6.97. The number of likely N-dealkylation sites (N-methyl/N-ethyl adjacent to an activating group) is 2. The molecule has 25 heavy (non-hydrogen) atoms. The zero-order valence-electron chi connectivity index (χ0n) is 14.5. The summed E-state index contributed by atoms with van der Waals surface area (Å²) in [6.45, 7) is 0.391. The van der Waals surface area contributed by atoms with Crippen LogP contribution in [0.5, 0.6) is 0 Å². The maximum Gasteiger partial charge on any atom is 0.326 e. The summed E-state index contributed by atoms with van der Waals surface area (Å²) in [5, 5.41) is 0.139. The van der Waals surface area contributed by atoms with Crippen LogP contribution in [0.25, 0.3) is 10.9 Å². The molecule has 1 aliphatic carbocycles. The number of nitrogens with one attached hydrogen (secondary N) is 2. The van der Waals surface area contributed by atoms with E-state index in [4.69, 9.17) is 0 Å². The average molecular weight is 366 g/mol. The smallest absolute Gasteiger partial charge is 0.307 e. The molecule has 136 valence electrons. The predicted octanol–water partition coefficient (Wildman–Crippen LogP) is 0.321. The van der Waals surface area contributed by atoms with Gasteiger partial charge in [-0.15, -0.1) is 0 Å². The summed E-state index contributed by atoms with van der Waals surface area (Å²) in [5.74, 6) is 0. The summed E-state index contributed by atoms with van der Waals surface area (Å²) < 4.78 is 27.2. The third kappa shape index (κ3) is 3.03. The highest BCUT2D eigenvalue weighted by Gasteiger charge is 2.42. The number of rotatable bonds is 5. The van der Waals surface area contributed by atoms with Crippen LogP contribution in [0.1, 0.15) is 19.3 Å². The van der Waals surface area contributed by atoms with Crippen molar-refractivity contribution in [3.8, 4) is 0 Å². The lowest BCUT2D eigenvalue weighted by molar-refractivity contribution is 0.0455. The van der Waals surface area contributed by atoms with Crippen molar-refractivity contribution >= 4 is 20.9 Å². The van der Waals surface area contributed by atoms with Gasteiger partial charge in [0.15, 0.2) is 0 Å². The molecule has 0 atom stereocenters. The summed E-state index contributed by atoms with van der Waals surface area (Å²) >= 11 is 0. The molecule has 0 amide bonds. The molecular weight excluding hydrogens is 344 g/mol. The largest absolute Gasteiger partial charge is 0.326 e. The highest BCUT2D eigenvalue weighted by Crippen LogP contribution is 2.37. The second kappa shape index (κ2) is 6.08. The van der Waals surface area contributed by atoms with Crippen molar-refractivity contribution in [3.05, 3.63) is 39.0 Å². The fraction of sp³-hybridized carbons (Fsp3) is 0.500. The molecule has 1 aromatic heterocycles. The van der Waals surface area contributed by atoms with Crippen molar-refractivity contribution in [3.63, 3.8) is 0 Å². The lowest BCUT2D eigenvalue weighted by Gasteiger charge is -2.48. The molecule has 0 saturated heterocycles. The molecule has 1 aliphatic rings. The van der Waals surface area contributed by atoms with Crippen molar-refractivity contribution in [2.45, 2.75) is 29.7 Å². The fourth-order valence-corrected chi connectivity index (χ4v) is 4.59. The number of sulfonamides is 1. The molecule has 2 N–H and O–H groups in total. The van der Waals surface area contributed by atoms with Gasteiger partial charge in [-0.2, -0.15) is 4.31 Å². The number of benzene rings is 1. The van der Waals surface area contributed by atoms with Crippen LogP contribution in [0.3, 0.4) is 0 Å². The van der Waals surface area contributed by atoms with Gasteiger partial charge in [0, 0.05) is 19.1 Å². The molecule has 1 fully saturated rings. The van der Waals surface area contributed by atoms with E-state index in [1.165, 1.54) is 22.5 Å². The number of aromatic nitrogens is 2. The van der Waals surface area contributed by atoms with Crippen LogP contribution < -0.4 is 11.2 Å². The van der Waals surface area contributed by atoms with Gasteiger partial charge in [-0.25, -0.2) is 13.2 Å². The predicted molar refractivity (Wildman–Crippen MR) is 95.3 cm³/mol. The van der Waals surface area contributed by atoms with Crippen LogP contribution in [0.2, 0.25) is 0 Å². The van der Waals surface area contributed by atoms with E-state index >= 15 is 0 Å². The molecule has 9 heteroatoms. The normalized spacial score (nSPS) is 17.2. The van der Waals surface area contributed by atoms with Gasteiger partial charge in [0.1, 0.15) is 0 Å². The third-order valence-electron chi connectivity index (χ3n) is 5.17. The molecule has 2 aromatic rings. The van der Waals surface area contributed by atoms with Crippen LogP contribution in [-0.2, 0) is 10.0 Å². The number of nitrogens with zero attached hydrogens (tertiary/aromatic N) is 2. The first-order chi connectivity index (χ1) is 11.7. The molecule has 8 nitrogen and oxygen atoms in total. The Morgan fingerprint density at radius 3 is 2.36 bits per heavy atom. The van der Waals surface area contributed by atoms with Crippen LogP contribution in [0.15, 0.2) is 32.7 Å². The van der Waals surface area contributed by atoms with Gasteiger partial charge in [0.05, 0.1) is 15.8 Å². The van der Waals surface area contributed by atoms with Crippen LogP contribution >= 0.6 is 0 Å². The van der Waals surface area contributed by atoms with E-state index in [0.717, 1.165) is 19.3 Å². The molecule has 0 spiro atoms. The second-order valence-electron chi connectivity index (χ2n) is 6.85. The van der Waals surface area contributed by atoms with Gasteiger partial charge < -0.3 is 9.88 Å². The summed E-state index contributed by atoms with van der Waals surface area (Å²) in [7, 11) is 1.75. The van der Waals surface area contributed by atoms with Crippen LogP contribution in [-0.4, -0.2) is 60.8 Å². The molecule has 1 aromatic carbocycles. The number of hydrogen-bond acceptors (Lipinski definition) is 5. The van der Waals surface area contributed by atoms with Gasteiger partial charge in [-0.1, -0.05) is 0 Å². The summed E-state index contributed by atoms with van der Waals surface area (Å²) in [5.41, 5.74) is -1.06. The minimum absolute atomic E-state index is 0.0354. The Bertz CT molecular complexity index is 1020. The van der Waals surface area contributed by atoms with Crippen molar-refractivity contribution in [1.82, 2.24) is 19.2 Å². The molecule has 0 unspecified atom stereocenters. The van der Waals surface area contributed by atoms with E-state index in [-0.39, 0.29) is 15.8 Å². The number of hydrogen-bond donors (Lipinski definition) is 2. The molecular formula is C16H22N4O4S. The summed E-state index contributed by atoms with van der Waals surface area (Å²) in [4.78, 5) is 30.0. The topological polar surface area (TPSA) is 106 Å². The van der Waals surface area contributed by atoms with Crippen LogP contribution in [0, 0.1) is 0 Å². The van der Waals surface area contributed by atoms with E-state index in [0.29, 0.717) is 12.1 Å². The van der Waals surface area contributed by atoms with Gasteiger partial charge >= 0.3 is 5.69 Å². The first-order valence-corrected chi connectivity index (χ1v) is 9.50. The highest BCUT2D eigenvalue weighted by atomic mass is 32.2. The summed E-state index contributed by atoms with van der Waals surface area (Å²) in [6, 6.07) is 4.16. The highest BCUT2D eigenvalue weighted by molar-refractivity contribution is 7.89. The Balaban J connectivity index is 1.98. The number of fused-ring (bicyclic) bond motifs is 1. The van der Waals surface area contributed by atoms with E-state index in [2.05, 4.69) is 14.9 Å². The molecule has 0 aliphatic heterocycles. The number of aromatic amines is 2. The van der Waals surface area contributed by atoms with Gasteiger partial charge in [-0.3, -0.25) is 9.78 Å².